The summed E-state index contributed by atoms with van der Waals surface area (Å²) in [5, 5.41) is 2.66. The molecule has 2 aromatic carbocycles. The predicted octanol–water partition coefficient (Wildman–Crippen LogP) is 2.95. The van der Waals surface area contributed by atoms with Crippen LogP contribution in [0.5, 0.6) is 0 Å². The van der Waals surface area contributed by atoms with Crippen molar-refractivity contribution >= 4 is 33.4 Å². The zero-order valence-corrected chi connectivity index (χ0v) is 17.1. The summed E-state index contributed by atoms with van der Waals surface area (Å²) < 4.78 is 52.0. The number of carbonyl (C=O) groups is 1. The van der Waals surface area contributed by atoms with E-state index in [-0.39, 0.29) is 30.4 Å². The number of piperazine rings is 1. The van der Waals surface area contributed by atoms with Crippen LogP contribution in [0.1, 0.15) is 0 Å². The second-order valence-electron chi connectivity index (χ2n) is 6.42. The van der Waals surface area contributed by atoms with Gasteiger partial charge in [-0.2, -0.15) is 13.1 Å². The molecule has 0 atom stereocenters. The van der Waals surface area contributed by atoms with Crippen molar-refractivity contribution in [2.24, 2.45) is 0 Å². The monoisotopic (exact) mass is 441 g/mol. The Hall–Kier alpha value is -2.01. The molecule has 10 heteroatoms. The third kappa shape index (κ3) is 5.75. The van der Waals surface area contributed by atoms with E-state index >= 15 is 0 Å². The molecule has 29 heavy (non-hydrogen) atoms. The number of rotatable bonds is 7. The van der Waals surface area contributed by atoms with Crippen molar-refractivity contribution in [3.63, 3.8) is 0 Å². The van der Waals surface area contributed by atoms with Gasteiger partial charge in [0, 0.05) is 31.1 Å². The lowest BCUT2D eigenvalue weighted by Gasteiger charge is -2.33. The molecule has 1 saturated heterocycles. The van der Waals surface area contributed by atoms with E-state index in [2.05, 4.69) is 5.32 Å². The number of carbonyl (C=O) groups excluding carboxylic acids is 1. The largest absolute Gasteiger partial charge is 0.324 e. The van der Waals surface area contributed by atoms with Gasteiger partial charge in [0.05, 0.1) is 17.1 Å². The van der Waals surface area contributed by atoms with Crippen molar-refractivity contribution in [2.75, 3.05) is 38.0 Å². The molecule has 0 bridgehead atoms. The van der Waals surface area contributed by atoms with Gasteiger partial charge in [-0.3, -0.25) is 9.69 Å². The molecule has 1 heterocycles. The number of sulfonamides is 1. The van der Waals surface area contributed by atoms with Crippen molar-refractivity contribution in [1.82, 2.24) is 9.21 Å². The highest BCUT2D eigenvalue weighted by molar-refractivity contribution is 7.99. The number of alkyl halides is 2. The molecular weight excluding hydrogens is 420 g/mol. The third-order valence-corrected chi connectivity index (χ3v) is 7.16. The number of nitrogens with one attached hydrogen (secondary N) is 1. The maximum absolute atomic E-state index is 12.7. The molecule has 1 fully saturated rings. The molecule has 0 unspecified atom stereocenters. The summed E-state index contributed by atoms with van der Waals surface area (Å²) in [6.45, 7) is 1.44. The molecule has 1 N–H and O–H groups in total. The second kappa shape index (κ2) is 9.66. The lowest BCUT2D eigenvalue weighted by molar-refractivity contribution is -0.117. The number of benzene rings is 2. The van der Waals surface area contributed by atoms with Crippen molar-refractivity contribution in [1.29, 1.82) is 0 Å². The van der Waals surface area contributed by atoms with E-state index in [1.54, 1.807) is 48.5 Å². The number of hydrogen-bond acceptors (Lipinski definition) is 5. The molecule has 6 nitrogen and oxygen atoms in total. The van der Waals surface area contributed by atoms with Gasteiger partial charge in [-0.05, 0) is 24.3 Å². The summed E-state index contributed by atoms with van der Waals surface area (Å²) >= 11 is 0.379. The fourth-order valence-electron chi connectivity index (χ4n) is 3.03. The van der Waals surface area contributed by atoms with Crippen LogP contribution in [-0.2, 0) is 14.8 Å². The Morgan fingerprint density at radius 3 is 2.28 bits per heavy atom. The minimum absolute atomic E-state index is 0.0624. The Morgan fingerprint density at radius 2 is 1.62 bits per heavy atom. The van der Waals surface area contributed by atoms with Gasteiger partial charge in [0.1, 0.15) is 0 Å². The first-order valence-electron chi connectivity index (χ1n) is 8.97. The van der Waals surface area contributed by atoms with Crippen LogP contribution in [-0.4, -0.2) is 62.0 Å². The van der Waals surface area contributed by atoms with Gasteiger partial charge in [-0.15, -0.1) is 0 Å². The van der Waals surface area contributed by atoms with Gasteiger partial charge >= 0.3 is 0 Å². The Morgan fingerprint density at radius 1 is 1.00 bits per heavy atom. The molecule has 0 spiro atoms. The van der Waals surface area contributed by atoms with Gasteiger partial charge in [-0.25, -0.2) is 8.42 Å². The first kappa shape index (κ1) is 21.7. The Balaban J connectivity index is 1.54. The highest BCUT2D eigenvalue weighted by Crippen LogP contribution is 2.31. The highest BCUT2D eigenvalue weighted by atomic mass is 32.2. The van der Waals surface area contributed by atoms with Crippen LogP contribution in [0.3, 0.4) is 0 Å². The molecule has 0 aliphatic carbocycles. The van der Waals surface area contributed by atoms with Crippen LogP contribution >= 0.6 is 11.8 Å². The molecular formula is C19H21F2N3O3S2. The Bertz CT molecular complexity index is 935. The minimum atomic E-state index is -3.55. The number of hydrogen-bond donors (Lipinski definition) is 1. The fourth-order valence-corrected chi connectivity index (χ4v) is 5.07. The summed E-state index contributed by atoms with van der Waals surface area (Å²) in [5.74, 6) is -2.90. The maximum Gasteiger partial charge on any atom is 0.288 e. The molecule has 2 aromatic rings. The zero-order valence-electron chi connectivity index (χ0n) is 15.5. The quantitative estimate of drug-likeness (QED) is 0.669. The average Bonchev–Trinajstić information content (AvgIpc) is 2.70. The van der Waals surface area contributed by atoms with Crippen molar-refractivity contribution in [3.05, 3.63) is 54.6 Å². The molecule has 3 rings (SSSR count). The summed E-state index contributed by atoms with van der Waals surface area (Å²) in [5.41, 5.74) is 0.341. The summed E-state index contributed by atoms with van der Waals surface area (Å²) in [7, 11) is -3.55. The molecule has 0 saturated carbocycles. The van der Waals surface area contributed by atoms with Crippen molar-refractivity contribution in [2.45, 2.75) is 15.5 Å². The smallest absolute Gasteiger partial charge is 0.288 e. The van der Waals surface area contributed by atoms with E-state index < -0.39 is 15.8 Å². The standard InChI is InChI=1S/C19H21F2N3O3S2/c20-19(21)28-17-9-5-4-8-16(17)22-18(25)14-23-10-12-24(13-11-23)29(26,27)15-6-2-1-3-7-15/h1-9,19H,10-14H2,(H,22,25). The van der Waals surface area contributed by atoms with E-state index in [9.17, 15) is 22.0 Å². The normalized spacial score (nSPS) is 16.1. The first-order chi connectivity index (χ1) is 13.9. The van der Waals surface area contributed by atoms with E-state index in [1.807, 2.05) is 4.90 Å². The van der Waals surface area contributed by atoms with Crippen LogP contribution in [0.2, 0.25) is 0 Å². The summed E-state index contributed by atoms with van der Waals surface area (Å²) in [4.78, 5) is 14.7. The molecule has 0 radical (unpaired) electrons. The van der Waals surface area contributed by atoms with Gasteiger partial charge < -0.3 is 5.32 Å². The number of para-hydroxylation sites is 1. The summed E-state index contributed by atoms with van der Waals surface area (Å²) in [6.07, 6.45) is 0. The second-order valence-corrected chi connectivity index (χ2v) is 9.39. The number of halogens is 2. The van der Waals surface area contributed by atoms with E-state index in [0.717, 1.165) is 0 Å². The molecule has 0 aromatic heterocycles. The van der Waals surface area contributed by atoms with Crippen LogP contribution in [0.4, 0.5) is 14.5 Å². The molecule has 1 aliphatic heterocycles. The average molecular weight is 442 g/mol. The van der Waals surface area contributed by atoms with Gasteiger partial charge in [0.2, 0.25) is 15.9 Å². The summed E-state index contributed by atoms with van der Waals surface area (Å²) in [6, 6.07) is 14.6. The molecule has 1 amide bonds. The van der Waals surface area contributed by atoms with E-state index in [4.69, 9.17) is 0 Å². The van der Waals surface area contributed by atoms with Crippen LogP contribution in [0.25, 0.3) is 0 Å². The van der Waals surface area contributed by atoms with Gasteiger partial charge in [0.25, 0.3) is 5.76 Å². The van der Waals surface area contributed by atoms with E-state index in [1.165, 1.54) is 10.4 Å². The molecule has 156 valence electrons. The number of nitrogens with zero attached hydrogens (tertiary/aromatic N) is 2. The zero-order chi connectivity index (χ0) is 20.9. The SMILES string of the molecule is O=C(CN1CCN(S(=O)(=O)c2ccccc2)CC1)Nc1ccccc1SC(F)F. The number of amides is 1. The fraction of sp³-hybridized carbons (Fsp3) is 0.316. The van der Waals surface area contributed by atoms with Crippen LogP contribution in [0.15, 0.2) is 64.4 Å². The first-order valence-corrected chi connectivity index (χ1v) is 11.3. The van der Waals surface area contributed by atoms with Crippen molar-refractivity contribution in [3.8, 4) is 0 Å². The lowest BCUT2D eigenvalue weighted by Crippen LogP contribution is -2.50. The predicted molar refractivity (Wildman–Crippen MR) is 109 cm³/mol. The van der Waals surface area contributed by atoms with Crippen LogP contribution < -0.4 is 5.32 Å². The topological polar surface area (TPSA) is 69.7 Å². The third-order valence-electron chi connectivity index (χ3n) is 4.46. The maximum atomic E-state index is 12.7. The Labute approximate surface area is 172 Å². The molecule has 1 aliphatic rings. The number of anilines is 1. The van der Waals surface area contributed by atoms with E-state index in [0.29, 0.717) is 35.4 Å². The minimum Gasteiger partial charge on any atom is -0.324 e. The van der Waals surface area contributed by atoms with Crippen LogP contribution in [0, 0.1) is 0 Å². The highest BCUT2D eigenvalue weighted by Gasteiger charge is 2.29. The Kier molecular flexibility index (Phi) is 7.23. The number of thioether (sulfide) groups is 1. The van der Waals surface area contributed by atoms with Gasteiger partial charge in [-0.1, -0.05) is 42.1 Å². The van der Waals surface area contributed by atoms with Gasteiger partial charge in [0.15, 0.2) is 0 Å². The lowest BCUT2D eigenvalue weighted by atomic mass is 10.3. The van der Waals surface area contributed by atoms with Crippen molar-refractivity contribution < 1.29 is 22.0 Å².